The number of nitrogens with one attached hydrogen (secondary N) is 1. The third kappa shape index (κ3) is 4.47. The lowest BCUT2D eigenvalue weighted by atomic mass is 10.1. The van der Waals surface area contributed by atoms with E-state index in [1.165, 1.54) is 12.0 Å². The third-order valence-corrected chi connectivity index (χ3v) is 3.51. The minimum atomic E-state index is -0.821. The molecule has 0 aliphatic rings. The van der Waals surface area contributed by atoms with Gasteiger partial charge in [-0.25, -0.2) is 4.79 Å². The maximum Gasteiger partial charge on any atom is 0.337 e. The molecule has 1 N–H and O–H groups in total. The second-order valence-corrected chi connectivity index (χ2v) is 5.28. The first-order valence-electron chi connectivity index (χ1n) is 7.57. The van der Waals surface area contributed by atoms with Gasteiger partial charge < -0.3 is 10.1 Å². The van der Waals surface area contributed by atoms with Gasteiger partial charge in [0.05, 0.1) is 12.7 Å². The van der Waals surface area contributed by atoms with Crippen LogP contribution in [0.25, 0.3) is 0 Å². The summed E-state index contributed by atoms with van der Waals surface area (Å²) < 4.78 is 4.67. The average Bonchev–Trinajstić information content (AvgIpc) is 2.62. The summed E-state index contributed by atoms with van der Waals surface area (Å²) in [5.74, 6) is -1.61. The number of amides is 2. The Labute approximate surface area is 147 Å². The minimum absolute atomic E-state index is 0.365. The van der Waals surface area contributed by atoms with Crippen LogP contribution in [0.2, 0.25) is 0 Å². The largest absolute Gasteiger partial charge is 0.465 e. The Morgan fingerprint density at radius 1 is 1.00 bits per heavy atom. The maximum absolute atomic E-state index is 12.8. The number of carbonyl (C=O) groups excluding carboxylic acids is 3. The number of carbonyl (C=O) groups is 3. The van der Waals surface area contributed by atoms with E-state index in [-0.39, 0.29) is 5.91 Å². The molecule has 2 aromatic rings. The molecule has 2 rings (SSSR count). The van der Waals surface area contributed by atoms with Crippen molar-refractivity contribution in [2.45, 2.75) is 13.0 Å². The van der Waals surface area contributed by atoms with Gasteiger partial charge in [-0.15, -0.1) is 0 Å². The standard InChI is InChI=1S/C18H17BN2O4/c1-12(20-18(19)24)16(22)21(14-6-4-3-5-7-14)15-10-8-13(9-11-15)17(23)25-2/h3-12H,1-2H3,(H,20,24)/t12-/m0/s1. The molecule has 0 saturated heterocycles. The number of para-hydroxylation sites is 1. The second kappa shape index (κ2) is 8.14. The molecule has 0 spiro atoms. The van der Waals surface area contributed by atoms with Crippen molar-refractivity contribution in [3.63, 3.8) is 0 Å². The maximum atomic E-state index is 12.8. The van der Waals surface area contributed by atoms with Gasteiger partial charge in [0, 0.05) is 11.4 Å². The first-order chi connectivity index (χ1) is 11.9. The summed E-state index contributed by atoms with van der Waals surface area (Å²) in [5.41, 5.74) is 1.54. The lowest BCUT2D eigenvalue weighted by Gasteiger charge is -2.26. The smallest absolute Gasteiger partial charge is 0.337 e. The monoisotopic (exact) mass is 336 g/mol. The predicted molar refractivity (Wildman–Crippen MR) is 95.1 cm³/mol. The van der Waals surface area contributed by atoms with Crippen LogP contribution < -0.4 is 10.2 Å². The fourth-order valence-corrected chi connectivity index (χ4v) is 2.31. The van der Waals surface area contributed by atoms with Crippen LogP contribution in [0.3, 0.4) is 0 Å². The van der Waals surface area contributed by atoms with Crippen molar-refractivity contribution in [3.05, 3.63) is 60.2 Å². The zero-order chi connectivity index (χ0) is 18.4. The van der Waals surface area contributed by atoms with Crippen molar-refractivity contribution in [1.82, 2.24) is 5.32 Å². The zero-order valence-corrected chi connectivity index (χ0v) is 13.9. The molecule has 2 aromatic carbocycles. The number of rotatable bonds is 5. The van der Waals surface area contributed by atoms with Gasteiger partial charge in [-0.2, -0.15) is 0 Å². The molecule has 2 amide bonds. The third-order valence-electron chi connectivity index (χ3n) is 3.51. The van der Waals surface area contributed by atoms with Gasteiger partial charge in [0.15, 0.2) is 5.81 Å². The number of hydrogen-bond donors (Lipinski definition) is 1. The summed E-state index contributed by atoms with van der Waals surface area (Å²) in [7, 11) is 6.40. The highest BCUT2D eigenvalue weighted by atomic mass is 16.5. The topological polar surface area (TPSA) is 75.7 Å². The van der Waals surface area contributed by atoms with Gasteiger partial charge in [0.1, 0.15) is 6.04 Å². The van der Waals surface area contributed by atoms with E-state index in [1.807, 2.05) is 6.07 Å². The molecule has 1 atom stereocenters. The highest BCUT2D eigenvalue weighted by Gasteiger charge is 2.24. The van der Waals surface area contributed by atoms with E-state index in [2.05, 4.69) is 10.1 Å². The van der Waals surface area contributed by atoms with Crippen molar-refractivity contribution in [2.75, 3.05) is 12.0 Å². The molecule has 7 heteroatoms. The molecule has 6 nitrogen and oxygen atoms in total. The zero-order valence-electron chi connectivity index (χ0n) is 13.9. The van der Waals surface area contributed by atoms with Crippen LogP contribution in [0, 0.1) is 0 Å². The quantitative estimate of drug-likeness (QED) is 0.672. The van der Waals surface area contributed by atoms with Crippen LogP contribution in [-0.2, 0) is 9.53 Å². The van der Waals surface area contributed by atoms with Gasteiger partial charge in [0.25, 0.3) is 5.91 Å². The van der Waals surface area contributed by atoms with Crippen LogP contribution in [0.15, 0.2) is 54.6 Å². The molecule has 0 aromatic heterocycles. The molecule has 2 radical (unpaired) electrons. The Kier molecular flexibility index (Phi) is 5.95. The molecular weight excluding hydrogens is 319 g/mol. The van der Waals surface area contributed by atoms with E-state index in [0.29, 0.717) is 16.9 Å². The SMILES string of the molecule is [B]C(=O)N[C@@H](C)C(=O)N(c1ccccc1)c1ccc(C(=O)OC)cc1. The van der Waals surface area contributed by atoms with Crippen LogP contribution in [0.5, 0.6) is 0 Å². The van der Waals surface area contributed by atoms with Crippen LogP contribution in [0.4, 0.5) is 16.2 Å². The molecule has 0 bridgehead atoms. The van der Waals surface area contributed by atoms with E-state index < -0.39 is 17.8 Å². The van der Waals surface area contributed by atoms with Gasteiger partial charge in [0.2, 0.25) is 7.85 Å². The number of ether oxygens (including phenoxy) is 1. The molecule has 0 fully saturated rings. The summed E-state index contributed by atoms with van der Waals surface area (Å²) in [6, 6.07) is 14.5. The van der Waals surface area contributed by atoms with Crippen molar-refractivity contribution >= 4 is 36.9 Å². The van der Waals surface area contributed by atoms with E-state index >= 15 is 0 Å². The van der Waals surface area contributed by atoms with Crippen molar-refractivity contribution in [2.24, 2.45) is 0 Å². The van der Waals surface area contributed by atoms with E-state index in [0.717, 1.165) is 0 Å². The number of nitrogens with zero attached hydrogens (tertiary/aromatic N) is 1. The molecule has 0 heterocycles. The first kappa shape index (κ1) is 18.3. The Bertz CT molecular complexity index is 762. The Balaban J connectivity index is 2.40. The average molecular weight is 336 g/mol. The van der Waals surface area contributed by atoms with Crippen molar-refractivity contribution in [1.29, 1.82) is 0 Å². The van der Waals surface area contributed by atoms with E-state index in [9.17, 15) is 14.4 Å². The fourth-order valence-electron chi connectivity index (χ4n) is 2.31. The number of esters is 1. The van der Waals surface area contributed by atoms with Gasteiger partial charge in [-0.3, -0.25) is 14.5 Å². The number of anilines is 2. The second-order valence-electron chi connectivity index (χ2n) is 5.28. The van der Waals surface area contributed by atoms with Gasteiger partial charge in [-0.1, -0.05) is 18.2 Å². The summed E-state index contributed by atoms with van der Waals surface area (Å²) in [6.45, 7) is 1.55. The van der Waals surface area contributed by atoms with Crippen LogP contribution in [-0.4, -0.2) is 38.7 Å². The van der Waals surface area contributed by atoms with Crippen LogP contribution in [0.1, 0.15) is 17.3 Å². The van der Waals surface area contributed by atoms with Crippen molar-refractivity contribution in [3.8, 4) is 0 Å². The van der Waals surface area contributed by atoms with Gasteiger partial charge >= 0.3 is 5.97 Å². The Morgan fingerprint density at radius 3 is 2.08 bits per heavy atom. The predicted octanol–water partition coefficient (Wildman–Crippen LogP) is 2.40. The first-order valence-corrected chi connectivity index (χ1v) is 7.57. The Hall–Kier alpha value is -3.09. The fraction of sp³-hybridized carbons (Fsp3) is 0.167. The van der Waals surface area contributed by atoms with Crippen molar-refractivity contribution < 1.29 is 19.1 Å². The minimum Gasteiger partial charge on any atom is -0.465 e. The summed E-state index contributed by atoms with van der Waals surface area (Å²) in [5, 5.41) is 2.37. The highest BCUT2D eigenvalue weighted by Crippen LogP contribution is 2.26. The molecule has 0 aliphatic carbocycles. The van der Waals surface area contributed by atoms with Crippen LogP contribution >= 0.6 is 0 Å². The summed E-state index contributed by atoms with van der Waals surface area (Å²) in [4.78, 5) is 36.9. The highest BCUT2D eigenvalue weighted by molar-refractivity contribution is 6.57. The Morgan fingerprint density at radius 2 is 1.56 bits per heavy atom. The van der Waals surface area contributed by atoms with Gasteiger partial charge in [-0.05, 0) is 43.3 Å². The molecule has 0 aliphatic heterocycles. The molecular formula is C18H17BN2O4. The number of methoxy groups -OCH3 is 1. The lowest BCUT2D eigenvalue weighted by molar-refractivity contribution is -0.119. The normalized spacial score (nSPS) is 11.3. The molecule has 0 unspecified atom stereocenters. The molecule has 126 valence electrons. The molecule has 0 saturated carbocycles. The van der Waals surface area contributed by atoms with E-state index in [1.54, 1.807) is 55.5 Å². The van der Waals surface area contributed by atoms with E-state index in [4.69, 9.17) is 7.85 Å². The summed E-state index contributed by atoms with van der Waals surface area (Å²) >= 11 is 0. The number of benzene rings is 2. The molecule has 25 heavy (non-hydrogen) atoms. The summed E-state index contributed by atoms with van der Waals surface area (Å²) in [6.07, 6.45) is 0. The lowest BCUT2D eigenvalue weighted by Crippen LogP contribution is -2.45. The number of hydrogen-bond acceptors (Lipinski definition) is 4.